The number of nitrogens with two attached hydrogens (primary N) is 1. The molecule has 0 saturated heterocycles. The number of ether oxygens (including phenoxy) is 1. The Bertz CT molecular complexity index is 600. The molecule has 0 fully saturated rings. The molecule has 3 N–H and O–H groups in total. The maximum Gasteiger partial charge on any atom is 0.230 e. The summed E-state index contributed by atoms with van der Waals surface area (Å²) in [6.07, 6.45) is 4.84. The van der Waals surface area contributed by atoms with Gasteiger partial charge in [-0.3, -0.25) is 10.4 Å². The van der Waals surface area contributed by atoms with Gasteiger partial charge in [-0.25, -0.2) is 4.98 Å². The van der Waals surface area contributed by atoms with Crippen LogP contribution in [0.25, 0.3) is 0 Å². The van der Waals surface area contributed by atoms with Crippen LogP contribution in [0.15, 0.2) is 35.2 Å². The summed E-state index contributed by atoms with van der Waals surface area (Å²) in [6, 6.07) is 3.55. The van der Waals surface area contributed by atoms with E-state index in [4.69, 9.17) is 15.9 Å². The van der Waals surface area contributed by atoms with Crippen molar-refractivity contribution in [2.75, 3.05) is 0 Å². The van der Waals surface area contributed by atoms with E-state index in [-0.39, 0.29) is 5.84 Å². The first-order valence-corrected chi connectivity index (χ1v) is 5.95. The van der Waals surface area contributed by atoms with E-state index < -0.39 is 0 Å². The van der Waals surface area contributed by atoms with Gasteiger partial charge in [-0.15, -0.1) is 0 Å². The summed E-state index contributed by atoms with van der Waals surface area (Å²) in [6.45, 7) is 1.85. The summed E-state index contributed by atoms with van der Waals surface area (Å²) in [7, 11) is 0. The summed E-state index contributed by atoms with van der Waals surface area (Å²) in [5, 5.41) is 7.56. The van der Waals surface area contributed by atoms with E-state index in [1.165, 1.54) is 0 Å². The average molecular weight is 307 g/mol. The fraction of sp³-hybridized carbons (Fsp3) is 0.0833. The Morgan fingerprint density at radius 2 is 2.22 bits per heavy atom. The van der Waals surface area contributed by atoms with Gasteiger partial charge in [0.15, 0.2) is 0 Å². The van der Waals surface area contributed by atoms with Crippen molar-refractivity contribution in [3.05, 3.63) is 46.3 Å². The highest BCUT2D eigenvalue weighted by molar-refractivity contribution is 9.10. The number of rotatable bonds is 3. The zero-order valence-corrected chi connectivity index (χ0v) is 11.2. The molecule has 2 aromatic heterocycles. The molecule has 0 atom stereocenters. The molecule has 0 radical (unpaired) electrons. The van der Waals surface area contributed by atoms with E-state index in [1.54, 1.807) is 30.7 Å². The van der Waals surface area contributed by atoms with Gasteiger partial charge in [-0.2, -0.15) is 0 Å². The average Bonchev–Trinajstić information content (AvgIpc) is 2.28. The van der Waals surface area contributed by atoms with Crippen molar-refractivity contribution in [3.8, 4) is 11.6 Å². The number of nitrogens with zero attached hydrogens (tertiary/aromatic N) is 2. The molecule has 0 aromatic carbocycles. The topological polar surface area (TPSA) is 84.9 Å². The van der Waals surface area contributed by atoms with Crippen LogP contribution in [0.1, 0.15) is 11.1 Å². The largest absolute Gasteiger partial charge is 0.437 e. The Morgan fingerprint density at radius 1 is 1.44 bits per heavy atom. The van der Waals surface area contributed by atoms with E-state index in [1.807, 2.05) is 6.92 Å². The number of nitrogens with one attached hydrogen (secondary N) is 1. The minimum atomic E-state index is -0.0708. The van der Waals surface area contributed by atoms with Crippen LogP contribution < -0.4 is 10.5 Å². The van der Waals surface area contributed by atoms with Crippen LogP contribution in [0.4, 0.5) is 0 Å². The van der Waals surface area contributed by atoms with Crippen LogP contribution >= 0.6 is 15.9 Å². The summed E-state index contributed by atoms with van der Waals surface area (Å²) >= 11 is 3.31. The minimum absolute atomic E-state index is 0.0708. The molecule has 2 heterocycles. The van der Waals surface area contributed by atoms with Gasteiger partial charge in [0.25, 0.3) is 0 Å². The highest BCUT2D eigenvalue weighted by atomic mass is 79.9. The van der Waals surface area contributed by atoms with Crippen molar-refractivity contribution in [1.82, 2.24) is 9.97 Å². The lowest BCUT2D eigenvalue weighted by Crippen LogP contribution is -2.14. The van der Waals surface area contributed by atoms with Gasteiger partial charge in [0.1, 0.15) is 11.6 Å². The molecule has 92 valence electrons. The molecule has 0 unspecified atom stereocenters. The molecule has 0 bridgehead atoms. The third kappa shape index (κ3) is 2.65. The van der Waals surface area contributed by atoms with E-state index >= 15 is 0 Å². The van der Waals surface area contributed by atoms with Gasteiger partial charge >= 0.3 is 0 Å². The highest BCUT2D eigenvalue weighted by Crippen LogP contribution is 2.25. The summed E-state index contributed by atoms with van der Waals surface area (Å²) in [4.78, 5) is 8.09. The molecule has 5 nitrogen and oxygen atoms in total. The van der Waals surface area contributed by atoms with Crippen molar-refractivity contribution >= 4 is 21.8 Å². The molecule has 0 aliphatic heterocycles. The van der Waals surface area contributed by atoms with E-state index in [2.05, 4.69) is 25.9 Å². The Kier molecular flexibility index (Phi) is 3.57. The Balaban J connectivity index is 2.40. The maximum atomic E-state index is 7.56. The second-order valence-electron chi connectivity index (χ2n) is 3.66. The molecule has 18 heavy (non-hydrogen) atoms. The number of nitrogen functional groups attached to an aromatic ring is 1. The molecular formula is C12H11BrN4O. The summed E-state index contributed by atoms with van der Waals surface area (Å²) < 4.78 is 6.41. The van der Waals surface area contributed by atoms with Crippen molar-refractivity contribution in [2.24, 2.45) is 5.73 Å². The van der Waals surface area contributed by atoms with Crippen molar-refractivity contribution in [2.45, 2.75) is 6.92 Å². The lowest BCUT2D eigenvalue weighted by atomic mass is 10.1. The van der Waals surface area contributed by atoms with Gasteiger partial charge in [0, 0.05) is 16.9 Å². The SMILES string of the molecule is Cc1ccnc(Oc2cncc(Br)c2)c1C(=N)N. The smallest absolute Gasteiger partial charge is 0.230 e. The molecule has 0 aliphatic rings. The van der Waals surface area contributed by atoms with Crippen LogP contribution in [-0.2, 0) is 0 Å². The molecular weight excluding hydrogens is 296 g/mol. The van der Waals surface area contributed by atoms with Gasteiger partial charge in [-0.05, 0) is 40.5 Å². The quantitative estimate of drug-likeness (QED) is 0.674. The van der Waals surface area contributed by atoms with E-state index in [0.29, 0.717) is 17.2 Å². The summed E-state index contributed by atoms with van der Waals surface area (Å²) in [5.41, 5.74) is 6.88. The third-order valence-electron chi connectivity index (χ3n) is 2.29. The highest BCUT2D eigenvalue weighted by Gasteiger charge is 2.12. The van der Waals surface area contributed by atoms with Crippen LogP contribution in [0.3, 0.4) is 0 Å². The minimum Gasteiger partial charge on any atom is -0.437 e. The summed E-state index contributed by atoms with van der Waals surface area (Å²) in [5.74, 6) is 0.769. The lowest BCUT2D eigenvalue weighted by Gasteiger charge is -2.10. The maximum absolute atomic E-state index is 7.56. The molecule has 0 amide bonds. The zero-order valence-electron chi connectivity index (χ0n) is 9.64. The van der Waals surface area contributed by atoms with Crippen LogP contribution in [0, 0.1) is 12.3 Å². The molecule has 0 aliphatic carbocycles. The molecule has 6 heteroatoms. The van der Waals surface area contributed by atoms with Crippen LogP contribution in [-0.4, -0.2) is 15.8 Å². The van der Waals surface area contributed by atoms with E-state index in [0.717, 1.165) is 10.0 Å². The van der Waals surface area contributed by atoms with Crippen LogP contribution in [0.5, 0.6) is 11.6 Å². The van der Waals surface area contributed by atoms with Gasteiger partial charge < -0.3 is 10.5 Å². The molecule has 0 saturated carbocycles. The Labute approximate surface area is 113 Å². The number of hydrogen-bond donors (Lipinski definition) is 2. The number of hydrogen-bond acceptors (Lipinski definition) is 4. The molecule has 2 rings (SSSR count). The van der Waals surface area contributed by atoms with Crippen molar-refractivity contribution in [1.29, 1.82) is 5.41 Å². The second-order valence-corrected chi connectivity index (χ2v) is 4.58. The van der Waals surface area contributed by atoms with Crippen molar-refractivity contribution < 1.29 is 4.74 Å². The fourth-order valence-corrected chi connectivity index (χ4v) is 1.84. The first-order chi connectivity index (χ1) is 8.58. The predicted molar refractivity (Wildman–Crippen MR) is 72.0 cm³/mol. The number of aryl methyl sites for hydroxylation is 1. The monoisotopic (exact) mass is 306 g/mol. The third-order valence-corrected chi connectivity index (χ3v) is 2.72. The molecule has 0 spiro atoms. The normalized spacial score (nSPS) is 10.1. The Morgan fingerprint density at radius 3 is 2.89 bits per heavy atom. The van der Waals surface area contributed by atoms with Gasteiger partial charge in [0.05, 0.1) is 11.8 Å². The van der Waals surface area contributed by atoms with Crippen LogP contribution in [0.2, 0.25) is 0 Å². The lowest BCUT2D eigenvalue weighted by molar-refractivity contribution is 0.458. The Hall–Kier alpha value is -1.95. The number of amidine groups is 1. The first kappa shape index (κ1) is 12.5. The first-order valence-electron chi connectivity index (χ1n) is 5.16. The van der Waals surface area contributed by atoms with E-state index in [9.17, 15) is 0 Å². The number of pyridine rings is 2. The van der Waals surface area contributed by atoms with Gasteiger partial charge in [0.2, 0.25) is 5.88 Å². The molecule has 2 aromatic rings. The predicted octanol–water partition coefficient (Wildman–Crippen LogP) is 2.62. The standard InChI is InChI=1S/C12H11BrN4O/c1-7-2-3-17-12(10(7)11(14)15)18-9-4-8(13)5-16-6-9/h2-6H,1H3,(H3,14,15). The number of aromatic nitrogens is 2. The number of halogens is 1. The second kappa shape index (κ2) is 5.14. The fourth-order valence-electron chi connectivity index (χ4n) is 1.50. The van der Waals surface area contributed by atoms with Crippen molar-refractivity contribution in [3.63, 3.8) is 0 Å². The zero-order chi connectivity index (χ0) is 13.1. The van der Waals surface area contributed by atoms with Gasteiger partial charge in [-0.1, -0.05) is 0 Å².